The Morgan fingerprint density at radius 2 is 2.00 bits per heavy atom. The molecule has 242 valence electrons. The largest absolute Gasteiger partial charge is 0.434 e. The van der Waals surface area contributed by atoms with Crippen LogP contribution in [0.1, 0.15) is 82.5 Å². The molecule has 11 heteroatoms. The van der Waals surface area contributed by atoms with E-state index in [0.717, 1.165) is 57.3 Å². The number of hydrogen-bond donors (Lipinski definition) is 1. The monoisotopic (exact) mass is 619 g/mol. The molecule has 10 nitrogen and oxygen atoms in total. The standard InChI is InChI=1S/C34H46FN7O3/c1-4-42(22(2)3)32(44)27-16-26(35)7-8-28(27)45-31-30(36-21-37-39-31)41-19-33(20-41)11-13-40(14-12-33)18-24-15-25-6-5-23(24)17-34(25)10-9-29(43)38-34/h7-8,16,21-25H,4-6,9-15,17-20H2,1-3H3,(H,38,43). The number of benzene rings is 1. The molecular weight excluding hydrogens is 573 g/mol. The van der Waals surface area contributed by atoms with Crippen molar-refractivity contribution >= 4 is 17.6 Å². The first kappa shape index (κ1) is 30.3. The van der Waals surface area contributed by atoms with E-state index in [1.54, 1.807) is 4.90 Å². The van der Waals surface area contributed by atoms with Crippen molar-refractivity contribution in [3.63, 3.8) is 0 Å². The maximum Gasteiger partial charge on any atom is 0.282 e. The van der Waals surface area contributed by atoms with Gasteiger partial charge in [0.25, 0.3) is 11.8 Å². The predicted molar refractivity (Wildman–Crippen MR) is 168 cm³/mol. The first-order valence-electron chi connectivity index (χ1n) is 16.9. The third-order valence-corrected chi connectivity index (χ3v) is 11.7. The number of ether oxygens (including phenoxy) is 1. The average molecular weight is 620 g/mol. The zero-order valence-electron chi connectivity index (χ0n) is 26.8. The summed E-state index contributed by atoms with van der Waals surface area (Å²) in [5.74, 6) is 2.67. The first-order valence-corrected chi connectivity index (χ1v) is 16.9. The third-order valence-electron chi connectivity index (χ3n) is 11.7. The second kappa shape index (κ2) is 11.8. The molecule has 0 radical (unpaired) electrons. The minimum atomic E-state index is -0.499. The number of carbonyl (C=O) groups excluding carboxylic acids is 2. The molecule has 1 aromatic carbocycles. The molecule has 3 saturated heterocycles. The Kier molecular flexibility index (Phi) is 7.94. The maximum absolute atomic E-state index is 14.3. The summed E-state index contributed by atoms with van der Waals surface area (Å²) >= 11 is 0. The van der Waals surface area contributed by atoms with Crippen LogP contribution in [0.3, 0.4) is 0 Å². The van der Waals surface area contributed by atoms with Crippen molar-refractivity contribution in [2.75, 3.05) is 44.2 Å². The molecule has 3 aliphatic carbocycles. The van der Waals surface area contributed by atoms with Crippen LogP contribution in [0.5, 0.6) is 11.6 Å². The SMILES string of the molecule is CCN(C(=O)c1cc(F)ccc1Oc1nncnc1N1CC2(CCN(CC3CC4CCC3CC43CCC(=O)N3)CC2)C1)C(C)C. The lowest BCUT2D eigenvalue weighted by Gasteiger charge is -2.56. The number of carbonyl (C=O) groups is 2. The van der Waals surface area contributed by atoms with Gasteiger partial charge in [-0.15, -0.1) is 10.2 Å². The Labute approximate surface area is 265 Å². The Bertz CT molecular complexity index is 1440. The second-order valence-electron chi connectivity index (χ2n) is 14.6. The van der Waals surface area contributed by atoms with Crippen LogP contribution >= 0.6 is 0 Å². The zero-order valence-corrected chi connectivity index (χ0v) is 26.8. The van der Waals surface area contributed by atoms with Crippen molar-refractivity contribution in [2.45, 2.75) is 83.7 Å². The van der Waals surface area contributed by atoms with Gasteiger partial charge in [0.15, 0.2) is 5.82 Å². The number of anilines is 1. The van der Waals surface area contributed by atoms with Crippen molar-refractivity contribution in [3.05, 3.63) is 35.9 Å². The molecule has 2 spiro atoms. The molecular formula is C34H46FN7O3. The van der Waals surface area contributed by atoms with Crippen LogP contribution < -0.4 is 15.0 Å². The number of aromatic nitrogens is 3. The minimum Gasteiger partial charge on any atom is -0.434 e. The summed E-state index contributed by atoms with van der Waals surface area (Å²) in [5.41, 5.74) is 0.510. The van der Waals surface area contributed by atoms with E-state index in [2.05, 4.69) is 30.3 Å². The molecule has 6 fully saturated rings. The molecule has 45 heavy (non-hydrogen) atoms. The summed E-state index contributed by atoms with van der Waals surface area (Å²) in [6.45, 7) is 11.4. The average Bonchev–Trinajstić information content (AvgIpc) is 3.38. The Morgan fingerprint density at radius 1 is 1.20 bits per heavy atom. The molecule has 8 rings (SSSR count). The molecule has 4 unspecified atom stereocenters. The van der Waals surface area contributed by atoms with Crippen LogP contribution in [-0.4, -0.2) is 87.6 Å². The van der Waals surface area contributed by atoms with Gasteiger partial charge in [0, 0.05) is 49.6 Å². The summed E-state index contributed by atoms with van der Waals surface area (Å²) in [5, 5.41) is 11.6. The van der Waals surface area contributed by atoms with Crippen LogP contribution in [0.4, 0.5) is 10.2 Å². The lowest BCUT2D eigenvalue weighted by Crippen LogP contribution is -2.62. The summed E-state index contributed by atoms with van der Waals surface area (Å²) in [7, 11) is 0. The fourth-order valence-electron chi connectivity index (χ4n) is 9.23. The molecule has 2 amide bonds. The highest BCUT2D eigenvalue weighted by Gasteiger charge is 2.54. The molecule has 4 atom stereocenters. The number of nitrogens with zero attached hydrogens (tertiary/aromatic N) is 6. The highest BCUT2D eigenvalue weighted by molar-refractivity contribution is 5.97. The van der Waals surface area contributed by atoms with Gasteiger partial charge in [0.05, 0.1) is 5.56 Å². The van der Waals surface area contributed by atoms with E-state index in [0.29, 0.717) is 24.7 Å². The number of likely N-dealkylation sites (tertiary alicyclic amines) is 1. The van der Waals surface area contributed by atoms with Gasteiger partial charge in [-0.05, 0) is 115 Å². The van der Waals surface area contributed by atoms with E-state index < -0.39 is 5.82 Å². The van der Waals surface area contributed by atoms with E-state index in [4.69, 9.17) is 4.74 Å². The van der Waals surface area contributed by atoms with Gasteiger partial charge in [0.1, 0.15) is 17.9 Å². The lowest BCUT2D eigenvalue weighted by molar-refractivity contribution is -0.121. The Morgan fingerprint density at radius 3 is 2.67 bits per heavy atom. The molecule has 6 aliphatic rings. The summed E-state index contributed by atoms with van der Waals surface area (Å²) in [4.78, 5) is 36.4. The van der Waals surface area contributed by atoms with Crippen molar-refractivity contribution in [1.29, 1.82) is 0 Å². The third kappa shape index (κ3) is 5.66. The molecule has 3 aliphatic heterocycles. The number of nitrogens with one attached hydrogen (secondary N) is 1. The smallest absolute Gasteiger partial charge is 0.282 e. The van der Waals surface area contributed by atoms with Gasteiger partial charge < -0.3 is 24.8 Å². The molecule has 1 aromatic heterocycles. The topological polar surface area (TPSA) is 104 Å². The number of hydrogen-bond acceptors (Lipinski definition) is 8. The minimum absolute atomic E-state index is 0.0397. The van der Waals surface area contributed by atoms with Gasteiger partial charge in [-0.25, -0.2) is 9.37 Å². The fourth-order valence-corrected chi connectivity index (χ4v) is 9.23. The van der Waals surface area contributed by atoms with Crippen molar-refractivity contribution < 1.29 is 18.7 Å². The van der Waals surface area contributed by atoms with Crippen LogP contribution in [0.25, 0.3) is 0 Å². The summed E-state index contributed by atoms with van der Waals surface area (Å²) in [6.07, 6.45) is 10.5. The highest BCUT2D eigenvalue weighted by Crippen LogP contribution is 2.54. The fraction of sp³-hybridized carbons (Fsp3) is 0.676. The van der Waals surface area contributed by atoms with E-state index >= 15 is 0 Å². The quantitative estimate of drug-likeness (QED) is 0.455. The van der Waals surface area contributed by atoms with Crippen LogP contribution in [0.2, 0.25) is 0 Å². The van der Waals surface area contributed by atoms with E-state index in [9.17, 15) is 14.0 Å². The van der Waals surface area contributed by atoms with Crippen LogP contribution in [0, 0.1) is 29.0 Å². The van der Waals surface area contributed by atoms with E-state index in [1.165, 1.54) is 56.8 Å². The molecule has 3 saturated carbocycles. The highest BCUT2D eigenvalue weighted by atomic mass is 19.1. The summed E-state index contributed by atoms with van der Waals surface area (Å²) in [6, 6.07) is 3.95. The van der Waals surface area contributed by atoms with E-state index in [1.807, 2.05) is 20.8 Å². The van der Waals surface area contributed by atoms with Crippen molar-refractivity contribution in [3.8, 4) is 11.6 Å². The van der Waals surface area contributed by atoms with Gasteiger partial charge >= 0.3 is 0 Å². The van der Waals surface area contributed by atoms with Gasteiger partial charge in [-0.3, -0.25) is 9.59 Å². The number of amides is 2. The van der Waals surface area contributed by atoms with Crippen LogP contribution in [-0.2, 0) is 4.79 Å². The number of piperidine rings is 1. The molecule has 2 aromatic rings. The second-order valence-corrected chi connectivity index (χ2v) is 14.6. The van der Waals surface area contributed by atoms with Gasteiger partial charge in [-0.1, -0.05) is 0 Å². The normalized spacial score (nSPS) is 28.9. The molecule has 4 heterocycles. The molecule has 2 bridgehead atoms. The van der Waals surface area contributed by atoms with Crippen molar-refractivity contribution in [1.82, 2.24) is 30.3 Å². The van der Waals surface area contributed by atoms with E-state index in [-0.39, 0.29) is 46.0 Å². The number of fused-ring (bicyclic) bond motifs is 2. The molecule has 1 N–H and O–H groups in total. The van der Waals surface area contributed by atoms with Crippen LogP contribution in [0.15, 0.2) is 24.5 Å². The Hall–Kier alpha value is -3.34. The zero-order chi connectivity index (χ0) is 31.3. The van der Waals surface area contributed by atoms with Gasteiger partial charge in [-0.2, -0.15) is 0 Å². The van der Waals surface area contributed by atoms with Crippen molar-refractivity contribution in [2.24, 2.45) is 23.2 Å². The first-order chi connectivity index (χ1) is 21.7. The number of rotatable bonds is 8. The predicted octanol–water partition coefficient (Wildman–Crippen LogP) is 4.66. The summed E-state index contributed by atoms with van der Waals surface area (Å²) < 4.78 is 20.4. The Balaban J connectivity index is 0.965. The van der Waals surface area contributed by atoms with Gasteiger partial charge in [0.2, 0.25) is 5.91 Å². The maximum atomic E-state index is 14.3. The number of halogens is 1. The lowest BCUT2D eigenvalue weighted by atomic mass is 9.55.